The second kappa shape index (κ2) is 5.96. The van der Waals surface area contributed by atoms with E-state index in [-0.39, 0.29) is 24.4 Å². The van der Waals surface area contributed by atoms with Gasteiger partial charge in [0.15, 0.2) is 0 Å². The molecule has 1 atom stereocenters. The molecule has 1 aromatic rings. The fourth-order valence-electron chi connectivity index (χ4n) is 2.18. The van der Waals surface area contributed by atoms with Crippen LogP contribution in [-0.4, -0.2) is 30.0 Å². The average Bonchev–Trinajstić information content (AvgIpc) is 2.38. The number of hydrogen-bond donors (Lipinski definition) is 0. The molecule has 1 fully saturated rings. The number of halogens is 1. The first kappa shape index (κ1) is 13.0. The number of likely N-dealkylation sites (tertiary alicyclic amines) is 1. The molecule has 1 aromatic carbocycles. The number of ether oxygens (including phenoxy) is 1. The highest BCUT2D eigenvalue weighted by Crippen LogP contribution is 2.16. The lowest BCUT2D eigenvalue weighted by Crippen LogP contribution is -2.42. The summed E-state index contributed by atoms with van der Waals surface area (Å²) >= 11 is 0. The molecule has 3 nitrogen and oxygen atoms in total. The van der Waals surface area contributed by atoms with Gasteiger partial charge >= 0.3 is 0 Å². The summed E-state index contributed by atoms with van der Waals surface area (Å²) in [7, 11) is 0. The normalized spacial score (nSPS) is 19.9. The number of hydrogen-bond acceptors (Lipinski definition) is 2. The van der Waals surface area contributed by atoms with Crippen molar-refractivity contribution in [2.24, 2.45) is 0 Å². The van der Waals surface area contributed by atoms with E-state index in [2.05, 4.69) is 0 Å². The summed E-state index contributed by atoms with van der Waals surface area (Å²) in [5, 5.41) is 0. The highest BCUT2D eigenvalue weighted by atomic mass is 19.1. The lowest BCUT2D eigenvalue weighted by molar-refractivity contribution is -0.133. The van der Waals surface area contributed by atoms with Crippen molar-refractivity contribution in [1.82, 2.24) is 4.90 Å². The fraction of sp³-hybridized carbons (Fsp3) is 0.500. The Hall–Kier alpha value is -1.42. The van der Waals surface area contributed by atoms with Crippen LogP contribution in [0.15, 0.2) is 24.3 Å². The van der Waals surface area contributed by atoms with E-state index in [0.29, 0.717) is 12.1 Å². The van der Waals surface area contributed by atoms with Gasteiger partial charge in [-0.05, 0) is 18.9 Å². The SMILES string of the molecule is CC(=O)N1CCCC(OCc2ccccc2F)C1. The Morgan fingerprint density at radius 1 is 1.50 bits per heavy atom. The molecule has 0 bridgehead atoms. The zero-order valence-electron chi connectivity index (χ0n) is 10.6. The predicted octanol–water partition coefficient (Wildman–Crippen LogP) is 2.35. The van der Waals surface area contributed by atoms with Crippen molar-refractivity contribution in [2.45, 2.75) is 32.5 Å². The van der Waals surface area contributed by atoms with Crippen LogP contribution in [0.2, 0.25) is 0 Å². The number of amides is 1. The van der Waals surface area contributed by atoms with Crippen LogP contribution in [0.25, 0.3) is 0 Å². The van der Waals surface area contributed by atoms with Crippen LogP contribution in [-0.2, 0) is 16.1 Å². The van der Waals surface area contributed by atoms with Crippen molar-refractivity contribution in [1.29, 1.82) is 0 Å². The van der Waals surface area contributed by atoms with Gasteiger partial charge in [0.25, 0.3) is 0 Å². The lowest BCUT2D eigenvalue weighted by atomic mass is 10.1. The third kappa shape index (κ3) is 3.29. The first-order valence-corrected chi connectivity index (χ1v) is 6.27. The first-order valence-electron chi connectivity index (χ1n) is 6.27. The third-order valence-electron chi connectivity index (χ3n) is 3.26. The Balaban J connectivity index is 1.87. The van der Waals surface area contributed by atoms with E-state index in [9.17, 15) is 9.18 Å². The molecular weight excluding hydrogens is 233 g/mol. The molecule has 1 saturated heterocycles. The van der Waals surface area contributed by atoms with E-state index < -0.39 is 0 Å². The summed E-state index contributed by atoms with van der Waals surface area (Å²) in [6.45, 7) is 3.25. The summed E-state index contributed by atoms with van der Waals surface area (Å²) in [5.41, 5.74) is 0.567. The molecule has 1 unspecified atom stereocenters. The second-order valence-corrected chi connectivity index (χ2v) is 4.63. The maximum atomic E-state index is 13.4. The number of carbonyl (C=O) groups is 1. The van der Waals surface area contributed by atoms with E-state index in [0.717, 1.165) is 19.4 Å². The van der Waals surface area contributed by atoms with Crippen molar-refractivity contribution < 1.29 is 13.9 Å². The predicted molar refractivity (Wildman–Crippen MR) is 66.5 cm³/mol. The molecule has 0 aromatic heterocycles. The lowest BCUT2D eigenvalue weighted by Gasteiger charge is -2.32. The van der Waals surface area contributed by atoms with Gasteiger partial charge < -0.3 is 9.64 Å². The molecule has 2 rings (SSSR count). The fourth-order valence-corrected chi connectivity index (χ4v) is 2.18. The maximum Gasteiger partial charge on any atom is 0.219 e. The van der Waals surface area contributed by atoms with E-state index in [1.54, 1.807) is 30.0 Å². The number of piperidine rings is 1. The Labute approximate surface area is 107 Å². The smallest absolute Gasteiger partial charge is 0.219 e. The molecule has 18 heavy (non-hydrogen) atoms. The van der Waals surface area contributed by atoms with Gasteiger partial charge in [-0.25, -0.2) is 4.39 Å². The van der Waals surface area contributed by atoms with Gasteiger partial charge in [-0.15, -0.1) is 0 Å². The van der Waals surface area contributed by atoms with Crippen LogP contribution < -0.4 is 0 Å². The summed E-state index contributed by atoms with van der Waals surface area (Å²) in [6, 6.07) is 6.61. The number of benzene rings is 1. The third-order valence-corrected chi connectivity index (χ3v) is 3.26. The molecule has 0 spiro atoms. The summed E-state index contributed by atoms with van der Waals surface area (Å²) < 4.78 is 19.1. The Bertz CT molecular complexity index is 422. The Morgan fingerprint density at radius 3 is 3.00 bits per heavy atom. The van der Waals surface area contributed by atoms with E-state index in [4.69, 9.17) is 4.74 Å². The number of carbonyl (C=O) groups excluding carboxylic acids is 1. The van der Waals surface area contributed by atoms with Gasteiger partial charge in [0.05, 0.1) is 12.7 Å². The van der Waals surface area contributed by atoms with Crippen molar-refractivity contribution in [3.8, 4) is 0 Å². The van der Waals surface area contributed by atoms with Crippen LogP contribution in [0.1, 0.15) is 25.3 Å². The minimum absolute atomic E-state index is 0.0160. The van der Waals surface area contributed by atoms with Crippen molar-refractivity contribution in [3.05, 3.63) is 35.6 Å². The van der Waals surface area contributed by atoms with Gasteiger partial charge in [0.1, 0.15) is 5.82 Å². The average molecular weight is 251 g/mol. The van der Waals surface area contributed by atoms with Crippen molar-refractivity contribution in [2.75, 3.05) is 13.1 Å². The number of nitrogens with zero attached hydrogens (tertiary/aromatic N) is 1. The molecule has 1 aliphatic rings. The Kier molecular flexibility index (Phi) is 4.31. The van der Waals surface area contributed by atoms with Gasteiger partial charge in [0.2, 0.25) is 5.91 Å². The zero-order chi connectivity index (χ0) is 13.0. The van der Waals surface area contributed by atoms with Crippen LogP contribution in [0.5, 0.6) is 0 Å². The molecular formula is C14H18FNO2. The summed E-state index contributed by atoms with van der Waals surface area (Å²) in [6.07, 6.45) is 1.89. The highest BCUT2D eigenvalue weighted by molar-refractivity contribution is 5.73. The van der Waals surface area contributed by atoms with Gasteiger partial charge in [-0.2, -0.15) is 0 Å². The van der Waals surface area contributed by atoms with Gasteiger partial charge in [-0.1, -0.05) is 18.2 Å². The van der Waals surface area contributed by atoms with Gasteiger partial charge in [0, 0.05) is 25.6 Å². The van der Waals surface area contributed by atoms with E-state index in [1.165, 1.54) is 6.07 Å². The molecule has 0 N–H and O–H groups in total. The topological polar surface area (TPSA) is 29.5 Å². The molecule has 1 heterocycles. The van der Waals surface area contributed by atoms with Crippen LogP contribution in [0.3, 0.4) is 0 Å². The van der Waals surface area contributed by atoms with Crippen LogP contribution >= 0.6 is 0 Å². The monoisotopic (exact) mass is 251 g/mol. The minimum atomic E-state index is -0.239. The number of rotatable bonds is 3. The molecule has 0 saturated carbocycles. The van der Waals surface area contributed by atoms with Gasteiger partial charge in [-0.3, -0.25) is 4.79 Å². The van der Waals surface area contributed by atoms with E-state index in [1.807, 2.05) is 0 Å². The van der Waals surface area contributed by atoms with Crippen LogP contribution in [0, 0.1) is 5.82 Å². The summed E-state index contributed by atoms with van der Waals surface area (Å²) in [4.78, 5) is 13.1. The minimum Gasteiger partial charge on any atom is -0.372 e. The Morgan fingerprint density at radius 2 is 2.28 bits per heavy atom. The van der Waals surface area contributed by atoms with Crippen LogP contribution in [0.4, 0.5) is 4.39 Å². The van der Waals surface area contributed by atoms with E-state index >= 15 is 0 Å². The molecule has 1 amide bonds. The first-order chi connectivity index (χ1) is 8.66. The standard InChI is InChI=1S/C14H18FNO2/c1-11(17)16-8-4-6-13(9-16)18-10-12-5-2-3-7-14(12)15/h2-3,5,7,13H,4,6,8-10H2,1H3. The quantitative estimate of drug-likeness (QED) is 0.825. The molecule has 0 radical (unpaired) electrons. The molecule has 0 aliphatic carbocycles. The zero-order valence-corrected chi connectivity index (χ0v) is 10.6. The van der Waals surface area contributed by atoms with Crippen molar-refractivity contribution >= 4 is 5.91 Å². The second-order valence-electron chi connectivity index (χ2n) is 4.63. The summed E-state index contributed by atoms with van der Waals surface area (Å²) in [5.74, 6) is -0.161. The van der Waals surface area contributed by atoms with Crippen molar-refractivity contribution in [3.63, 3.8) is 0 Å². The molecule has 4 heteroatoms. The highest BCUT2D eigenvalue weighted by Gasteiger charge is 2.22. The maximum absolute atomic E-state index is 13.4. The largest absolute Gasteiger partial charge is 0.372 e. The molecule has 1 aliphatic heterocycles. The molecule has 98 valence electrons.